The van der Waals surface area contributed by atoms with E-state index in [9.17, 15) is 9.59 Å². The Morgan fingerprint density at radius 2 is 1.95 bits per heavy atom. The van der Waals surface area contributed by atoms with Crippen molar-refractivity contribution in [1.29, 1.82) is 0 Å². The van der Waals surface area contributed by atoms with E-state index in [1.165, 1.54) is 4.68 Å². The molecule has 0 atom stereocenters. The fourth-order valence-electron chi connectivity index (χ4n) is 1.96. The van der Waals surface area contributed by atoms with Crippen LogP contribution in [-0.4, -0.2) is 26.8 Å². The number of hydrogen-bond acceptors (Lipinski definition) is 5. The minimum absolute atomic E-state index is 0.0342. The highest BCUT2D eigenvalue weighted by molar-refractivity contribution is 6.05. The number of nitrogens with one attached hydrogen (secondary N) is 1. The summed E-state index contributed by atoms with van der Waals surface area (Å²) in [6.45, 7) is 4.20. The van der Waals surface area contributed by atoms with Crippen LogP contribution < -0.4 is 11.1 Å². The predicted molar refractivity (Wildman–Crippen MR) is 81.9 cm³/mol. The van der Waals surface area contributed by atoms with Crippen LogP contribution in [0.2, 0.25) is 0 Å². The number of imide groups is 1. The molecule has 1 aromatic heterocycles. The van der Waals surface area contributed by atoms with Crippen LogP contribution in [0.1, 0.15) is 36.3 Å². The molecule has 0 saturated heterocycles. The third-order valence-corrected chi connectivity index (χ3v) is 3.01. The zero-order valence-corrected chi connectivity index (χ0v) is 12.6. The van der Waals surface area contributed by atoms with Crippen molar-refractivity contribution in [2.75, 3.05) is 5.73 Å². The molecule has 0 aliphatic heterocycles. The fourth-order valence-corrected chi connectivity index (χ4v) is 1.96. The second kappa shape index (κ2) is 6.84. The molecule has 1 heterocycles. The summed E-state index contributed by atoms with van der Waals surface area (Å²) in [4.78, 5) is 23.6. The van der Waals surface area contributed by atoms with Crippen molar-refractivity contribution in [3.63, 3.8) is 0 Å². The lowest BCUT2D eigenvalue weighted by molar-refractivity contribution is -0.120. The Balaban J connectivity index is 2.07. The minimum atomic E-state index is -0.623. The third kappa shape index (κ3) is 3.91. The maximum Gasteiger partial charge on any atom is 0.282 e. The predicted octanol–water partition coefficient (Wildman–Crippen LogP) is 1.21. The molecule has 7 nitrogen and oxygen atoms in total. The van der Waals surface area contributed by atoms with Crippen LogP contribution in [0.3, 0.4) is 0 Å². The summed E-state index contributed by atoms with van der Waals surface area (Å²) in [5.41, 5.74) is 6.85. The van der Waals surface area contributed by atoms with Gasteiger partial charge in [-0.05, 0) is 11.5 Å². The molecular formula is C15H19N5O2. The summed E-state index contributed by atoms with van der Waals surface area (Å²) >= 11 is 0. The van der Waals surface area contributed by atoms with Gasteiger partial charge in [-0.2, -0.15) is 0 Å². The van der Waals surface area contributed by atoms with E-state index in [-0.39, 0.29) is 29.8 Å². The van der Waals surface area contributed by atoms with Gasteiger partial charge in [-0.25, -0.2) is 4.68 Å². The molecule has 0 bridgehead atoms. The average Bonchev–Trinajstić information content (AvgIpc) is 2.80. The lowest BCUT2D eigenvalue weighted by Gasteiger charge is -2.05. The van der Waals surface area contributed by atoms with E-state index in [1.54, 1.807) is 0 Å². The maximum absolute atomic E-state index is 12.0. The first kappa shape index (κ1) is 15.7. The summed E-state index contributed by atoms with van der Waals surface area (Å²) in [6.07, 6.45) is 0.268. The molecule has 0 spiro atoms. The number of nitrogens with two attached hydrogens (primary N) is 1. The molecule has 0 saturated carbocycles. The second-order valence-corrected chi connectivity index (χ2v) is 5.44. The SMILES string of the molecule is CC(C)CC(=O)NC(=O)c1nnn(Cc2ccccc2)c1N. The molecule has 0 fully saturated rings. The summed E-state index contributed by atoms with van der Waals surface area (Å²) in [5, 5.41) is 9.91. The van der Waals surface area contributed by atoms with Gasteiger partial charge in [0.1, 0.15) is 0 Å². The van der Waals surface area contributed by atoms with Gasteiger partial charge in [0.25, 0.3) is 5.91 Å². The van der Waals surface area contributed by atoms with Crippen LogP contribution in [0.25, 0.3) is 0 Å². The lowest BCUT2D eigenvalue weighted by Crippen LogP contribution is -2.32. The fraction of sp³-hybridized carbons (Fsp3) is 0.333. The number of benzene rings is 1. The average molecular weight is 301 g/mol. The number of carbonyl (C=O) groups is 2. The molecular weight excluding hydrogens is 282 g/mol. The van der Waals surface area contributed by atoms with Gasteiger partial charge in [0.15, 0.2) is 11.5 Å². The first-order valence-electron chi connectivity index (χ1n) is 7.04. The number of nitrogen functional groups attached to an aromatic ring is 1. The zero-order valence-electron chi connectivity index (χ0n) is 12.6. The van der Waals surface area contributed by atoms with Crippen LogP contribution in [0, 0.1) is 5.92 Å². The minimum Gasteiger partial charge on any atom is -0.382 e. The Hall–Kier alpha value is -2.70. The van der Waals surface area contributed by atoms with Gasteiger partial charge in [-0.3, -0.25) is 14.9 Å². The van der Waals surface area contributed by atoms with E-state index in [4.69, 9.17) is 5.73 Å². The summed E-state index contributed by atoms with van der Waals surface area (Å²) in [5.74, 6) is -0.669. The molecule has 0 radical (unpaired) electrons. The Kier molecular flexibility index (Phi) is 4.88. The molecule has 2 amide bonds. The Morgan fingerprint density at radius 1 is 1.27 bits per heavy atom. The molecule has 116 valence electrons. The molecule has 1 aromatic carbocycles. The number of aromatic nitrogens is 3. The first-order chi connectivity index (χ1) is 10.5. The normalized spacial score (nSPS) is 10.7. The van der Waals surface area contributed by atoms with Crippen molar-refractivity contribution in [3.8, 4) is 0 Å². The Bertz CT molecular complexity index is 664. The van der Waals surface area contributed by atoms with E-state index in [2.05, 4.69) is 15.6 Å². The van der Waals surface area contributed by atoms with E-state index in [0.29, 0.717) is 6.54 Å². The van der Waals surface area contributed by atoms with Gasteiger partial charge >= 0.3 is 0 Å². The third-order valence-electron chi connectivity index (χ3n) is 3.01. The van der Waals surface area contributed by atoms with Gasteiger partial charge < -0.3 is 5.73 Å². The molecule has 0 unspecified atom stereocenters. The van der Waals surface area contributed by atoms with Crippen molar-refractivity contribution in [3.05, 3.63) is 41.6 Å². The van der Waals surface area contributed by atoms with Crippen LogP contribution in [0.4, 0.5) is 5.82 Å². The maximum atomic E-state index is 12.0. The topological polar surface area (TPSA) is 103 Å². The van der Waals surface area contributed by atoms with Crippen LogP contribution in [0.5, 0.6) is 0 Å². The van der Waals surface area contributed by atoms with Gasteiger partial charge in [0.05, 0.1) is 6.54 Å². The van der Waals surface area contributed by atoms with Crippen molar-refractivity contribution in [2.45, 2.75) is 26.8 Å². The molecule has 22 heavy (non-hydrogen) atoms. The largest absolute Gasteiger partial charge is 0.382 e. The van der Waals surface area contributed by atoms with E-state index >= 15 is 0 Å². The van der Waals surface area contributed by atoms with E-state index in [0.717, 1.165) is 5.56 Å². The quantitative estimate of drug-likeness (QED) is 0.864. The van der Waals surface area contributed by atoms with Crippen molar-refractivity contribution < 1.29 is 9.59 Å². The van der Waals surface area contributed by atoms with Crippen LogP contribution in [-0.2, 0) is 11.3 Å². The van der Waals surface area contributed by atoms with Gasteiger partial charge in [-0.15, -0.1) is 5.10 Å². The Labute approximate surface area is 128 Å². The number of carbonyl (C=O) groups excluding carboxylic acids is 2. The van der Waals surface area contributed by atoms with Crippen molar-refractivity contribution in [2.24, 2.45) is 5.92 Å². The van der Waals surface area contributed by atoms with Gasteiger partial charge in [-0.1, -0.05) is 49.4 Å². The summed E-state index contributed by atoms with van der Waals surface area (Å²) < 4.78 is 1.43. The molecule has 7 heteroatoms. The molecule has 0 aliphatic rings. The highest BCUT2D eigenvalue weighted by Gasteiger charge is 2.19. The van der Waals surface area contributed by atoms with Gasteiger partial charge in [0, 0.05) is 6.42 Å². The molecule has 2 aromatic rings. The number of rotatable bonds is 5. The monoisotopic (exact) mass is 301 g/mol. The number of anilines is 1. The summed E-state index contributed by atoms with van der Waals surface area (Å²) in [6, 6.07) is 9.56. The standard InChI is InChI=1S/C15H19N5O2/c1-10(2)8-12(21)17-15(22)13-14(16)20(19-18-13)9-11-6-4-3-5-7-11/h3-7,10H,8-9,16H2,1-2H3,(H,17,21,22). The first-order valence-corrected chi connectivity index (χ1v) is 7.04. The Morgan fingerprint density at radius 3 is 2.59 bits per heavy atom. The number of nitrogens with zero attached hydrogens (tertiary/aromatic N) is 3. The van der Waals surface area contributed by atoms with Crippen molar-refractivity contribution in [1.82, 2.24) is 20.3 Å². The van der Waals surface area contributed by atoms with E-state index < -0.39 is 5.91 Å². The number of amides is 2. The second-order valence-electron chi connectivity index (χ2n) is 5.44. The molecule has 3 N–H and O–H groups in total. The van der Waals surface area contributed by atoms with E-state index in [1.807, 2.05) is 44.2 Å². The lowest BCUT2D eigenvalue weighted by atomic mass is 10.1. The molecule has 0 aliphatic carbocycles. The van der Waals surface area contributed by atoms with Crippen LogP contribution >= 0.6 is 0 Å². The van der Waals surface area contributed by atoms with Gasteiger partial charge in [0.2, 0.25) is 5.91 Å². The molecule has 2 rings (SSSR count). The van der Waals surface area contributed by atoms with Crippen LogP contribution in [0.15, 0.2) is 30.3 Å². The highest BCUT2D eigenvalue weighted by atomic mass is 16.2. The summed E-state index contributed by atoms with van der Waals surface area (Å²) in [7, 11) is 0. The van der Waals surface area contributed by atoms with Crippen molar-refractivity contribution >= 4 is 17.6 Å². The highest BCUT2D eigenvalue weighted by Crippen LogP contribution is 2.11. The smallest absolute Gasteiger partial charge is 0.282 e. The zero-order chi connectivity index (χ0) is 16.1. The number of hydrogen-bond donors (Lipinski definition) is 2.